The Kier molecular flexibility index (Phi) is 5.95. The van der Waals surface area contributed by atoms with Gasteiger partial charge < -0.3 is 9.84 Å². The van der Waals surface area contributed by atoms with Crippen molar-refractivity contribution in [2.75, 3.05) is 13.7 Å². The molecule has 0 aliphatic carbocycles. The van der Waals surface area contributed by atoms with E-state index in [1.807, 2.05) is 25.7 Å². The van der Waals surface area contributed by atoms with Gasteiger partial charge in [0.25, 0.3) is 0 Å². The third-order valence-corrected chi connectivity index (χ3v) is 3.40. The van der Waals surface area contributed by atoms with E-state index >= 15 is 0 Å². The van der Waals surface area contributed by atoms with Crippen molar-refractivity contribution in [1.29, 1.82) is 0 Å². The topological polar surface area (TPSA) is 49.8 Å². The molecule has 0 saturated heterocycles. The first-order valence-corrected chi connectivity index (χ1v) is 6.68. The minimum Gasteiger partial charge on any atom is -0.496 e. The fourth-order valence-corrected chi connectivity index (χ4v) is 2.39. The molecule has 1 aromatic carbocycles. The van der Waals surface area contributed by atoms with Crippen molar-refractivity contribution in [1.82, 2.24) is 4.90 Å². The highest BCUT2D eigenvalue weighted by molar-refractivity contribution is 5.66. The number of benzene rings is 1. The quantitative estimate of drug-likeness (QED) is 0.835. The summed E-state index contributed by atoms with van der Waals surface area (Å²) in [6.45, 7) is 6.16. The molecule has 0 aliphatic heterocycles. The van der Waals surface area contributed by atoms with Gasteiger partial charge in [0.2, 0.25) is 0 Å². The van der Waals surface area contributed by atoms with Gasteiger partial charge in [-0.25, -0.2) is 4.39 Å². The van der Waals surface area contributed by atoms with Gasteiger partial charge in [-0.1, -0.05) is 6.07 Å². The largest absolute Gasteiger partial charge is 0.496 e. The van der Waals surface area contributed by atoms with Crippen LogP contribution in [0.2, 0.25) is 0 Å². The highest BCUT2D eigenvalue weighted by Crippen LogP contribution is 2.32. The van der Waals surface area contributed by atoms with Crippen molar-refractivity contribution in [3.8, 4) is 5.75 Å². The number of hydrogen-bond acceptors (Lipinski definition) is 3. The van der Waals surface area contributed by atoms with Gasteiger partial charge in [0.05, 0.1) is 13.5 Å². The molecule has 1 rings (SSSR count). The second-order valence-corrected chi connectivity index (χ2v) is 5.01. The van der Waals surface area contributed by atoms with Crippen molar-refractivity contribution >= 4 is 5.97 Å². The van der Waals surface area contributed by atoms with Gasteiger partial charge in [-0.2, -0.15) is 0 Å². The highest BCUT2D eigenvalue weighted by atomic mass is 19.1. The summed E-state index contributed by atoms with van der Waals surface area (Å²) in [7, 11) is 1.50. The van der Waals surface area contributed by atoms with Crippen molar-refractivity contribution < 1.29 is 19.0 Å². The van der Waals surface area contributed by atoms with Gasteiger partial charge in [0.1, 0.15) is 11.6 Å². The van der Waals surface area contributed by atoms with E-state index in [9.17, 15) is 9.18 Å². The van der Waals surface area contributed by atoms with E-state index in [0.717, 1.165) is 0 Å². The summed E-state index contributed by atoms with van der Waals surface area (Å²) in [4.78, 5) is 12.7. The van der Waals surface area contributed by atoms with Crippen LogP contribution < -0.4 is 4.74 Å². The van der Waals surface area contributed by atoms with E-state index in [0.29, 0.717) is 17.9 Å². The molecule has 0 aliphatic rings. The van der Waals surface area contributed by atoms with E-state index in [4.69, 9.17) is 9.84 Å². The van der Waals surface area contributed by atoms with Gasteiger partial charge in [-0.05, 0) is 32.9 Å². The standard InChI is InChI=1S/C15H22FNO3/c1-10(2)17(9-8-14(18)19)11(3)15-12(16)6-5-7-13(15)20-4/h5-7,10-11H,8-9H2,1-4H3,(H,18,19). The van der Waals surface area contributed by atoms with Crippen LogP contribution in [0, 0.1) is 5.82 Å². The molecule has 0 aromatic heterocycles. The fourth-order valence-electron chi connectivity index (χ4n) is 2.39. The Morgan fingerprint density at radius 1 is 1.40 bits per heavy atom. The average Bonchev–Trinajstić information content (AvgIpc) is 2.37. The molecule has 1 N–H and O–H groups in total. The van der Waals surface area contributed by atoms with Crippen LogP contribution in [0.15, 0.2) is 18.2 Å². The number of nitrogens with zero attached hydrogens (tertiary/aromatic N) is 1. The summed E-state index contributed by atoms with van der Waals surface area (Å²) in [5.74, 6) is -0.709. The SMILES string of the molecule is COc1cccc(F)c1C(C)N(CCC(=O)O)C(C)C. The average molecular weight is 283 g/mol. The van der Waals surface area contributed by atoms with Crippen LogP contribution in [0.4, 0.5) is 4.39 Å². The molecule has 1 aromatic rings. The van der Waals surface area contributed by atoms with E-state index in [1.54, 1.807) is 12.1 Å². The predicted octanol–water partition coefficient (Wildman–Crippen LogP) is 3.08. The van der Waals surface area contributed by atoms with Gasteiger partial charge in [-0.3, -0.25) is 9.69 Å². The Morgan fingerprint density at radius 2 is 2.05 bits per heavy atom. The Balaban J connectivity index is 3.05. The maximum absolute atomic E-state index is 14.1. The summed E-state index contributed by atoms with van der Waals surface area (Å²) in [6.07, 6.45) is 0.0271. The molecule has 1 unspecified atom stereocenters. The number of hydrogen-bond donors (Lipinski definition) is 1. The molecular formula is C15H22FNO3. The second kappa shape index (κ2) is 7.24. The molecule has 0 bridgehead atoms. The third-order valence-electron chi connectivity index (χ3n) is 3.40. The Bertz CT molecular complexity index is 462. The van der Waals surface area contributed by atoms with Crippen LogP contribution in [-0.4, -0.2) is 35.7 Å². The maximum atomic E-state index is 14.1. The van der Waals surface area contributed by atoms with Gasteiger partial charge in [0.15, 0.2) is 0 Å². The Morgan fingerprint density at radius 3 is 2.55 bits per heavy atom. The molecular weight excluding hydrogens is 261 g/mol. The smallest absolute Gasteiger partial charge is 0.304 e. The Hall–Kier alpha value is -1.62. The first-order chi connectivity index (χ1) is 9.38. The van der Waals surface area contributed by atoms with E-state index in [2.05, 4.69) is 0 Å². The third kappa shape index (κ3) is 3.93. The summed E-state index contributed by atoms with van der Waals surface area (Å²) in [5, 5.41) is 8.83. The number of halogens is 1. The van der Waals surface area contributed by atoms with Crippen LogP contribution in [0.5, 0.6) is 5.75 Å². The lowest BCUT2D eigenvalue weighted by Gasteiger charge is -2.33. The zero-order valence-electron chi connectivity index (χ0n) is 12.4. The number of rotatable bonds is 7. The normalized spacial score (nSPS) is 12.8. The van der Waals surface area contributed by atoms with Crippen LogP contribution in [0.3, 0.4) is 0 Å². The zero-order valence-corrected chi connectivity index (χ0v) is 12.4. The molecule has 0 fully saturated rings. The summed E-state index contributed by atoms with van der Waals surface area (Å²) in [5.41, 5.74) is 0.467. The summed E-state index contributed by atoms with van der Waals surface area (Å²) in [6, 6.07) is 4.55. The highest BCUT2D eigenvalue weighted by Gasteiger charge is 2.24. The fraction of sp³-hybridized carbons (Fsp3) is 0.533. The summed E-state index contributed by atoms with van der Waals surface area (Å²) >= 11 is 0. The molecule has 4 nitrogen and oxygen atoms in total. The summed E-state index contributed by atoms with van der Waals surface area (Å²) < 4.78 is 19.3. The Labute approximate surface area is 119 Å². The predicted molar refractivity (Wildman–Crippen MR) is 75.5 cm³/mol. The van der Waals surface area contributed by atoms with Crippen LogP contribution in [0.1, 0.15) is 38.8 Å². The minimum absolute atomic E-state index is 0.0271. The first kappa shape index (κ1) is 16.4. The molecule has 20 heavy (non-hydrogen) atoms. The number of carbonyl (C=O) groups is 1. The lowest BCUT2D eigenvalue weighted by Crippen LogP contribution is -2.35. The number of carboxylic acid groups (broad SMARTS) is 1. The van der Waals surface area contributed by atoms with Crippen LogP contribution in [-0.2, 0) is 4.79 Å². The molecule has 5 heteroatoms. The maximum Gasteiger partial charge on any atom is 0.304 e. The number of methoxy groups -OCH3 is 1. The molecule has 0 radical (unpaired) electrons. The monoisotopic (exact) mass is 283 g/mol. The van der Waals surface area contributed by atoms with Gasteiger partial charge >= 0.3 is 5.97 Å². The lowest BCUT2D eigenvalue weighted by atomic mass is 10.0. The van der Waals surface area contributed by atoms with Crippen molar-refractivity contribution in [3.63, 3.8) is 0 Å². The first-order valence-electron chi connectivity index (χ1n) is 6.68. The lowest BCUT2D eigenvalue weighted by molar-refractivity contribution is -0.137. The van der Waals surface area contributed by atoms with Crippen LogP contribution in [0.25, 0.3) is 0 Å². The molecule has 112 valence electrons. The number of aliphatic carboxylic acids is 1. The van der Waals surface area contributed by atoms with E-state index in [1.165, 1.54) is 13.2 Å². The minimum atomic E-state index is -0.858. The van der Waals surface area contributed by atoms with Crippen molar-refractivity contribution in [2.45, 2.75) is 39.3 Å². The number of carboxylic acids is 1. The molecule has 1 atom stereocenters. The van der Waals surface area contributed by atoms with Gasteiger partial charge in [-0.15, -0.1) is 0 Å². The zero-order chi connectivity index (χ0) is 15.3. The van der Waals surface area contributed by atoms with E-state index < -0.39 is 5.97 Å². The second-order valence-electron chi connectivity index (χ2n) is 5.01. The van der Waals surface area contributed by atoms with E-state index in [-0.39, 0.29) is 24.3 Å². The van der Waals surface area contributed by atoms with Crippen molar-refractivity contribution in [2.24, 2.45) is 0 Å². The van der Waals surface area contributed by atoms with Gasteiger partial charge in [0, 0.05) is 24.2 Å². The molecule has 0 spiro atoms. The number of ether oxygens (including phenoxy) is 1. The molecule has 0 saturated carbocycles. The molecule has 0 heterocycles. The van der Waals surface area contributed by atoms with Crippen molar-refractivity contribution in [3.05, 3.63) is 29.6 Å². The molecule has 0 amide bonds. The van der Waals surface area contributed by atoms with Crippen LogP contribution >= 0.6 is 0 Å².